The highest BCUT2D eigenvalue weighted by atomic mass is 35.5. The third-order valence-corrected chi connectivity index (χ3v) is 2.79. The van der Waals surface area contributed by atoms with Crippen molar-refractivity contribution in [3.8, 4) is 11.4 Å². The van der Waals surface area contributed by atoms with Crippen LogP contribution in [0.5, 0.6) is 0 Å². The molecule has 1 aromatic carbocycles. The molecular weight excluding hydrogens is 252 g/mol. The number of hydrogen-bond acceptors (Lipinski definition) is 2. The quantitative estimate of drug-likeness (QED) is 0.866. The zero-order valence-electron chi connectivity index (χ0n) is 9.67. The van der Waals surface area contributed by atoms with Gasteiger partial charge in [-0.25, -0.2) is 9.78 Å². The van der Waals surface area contributed by atoms with E-state index in [1.54, 1.807) is 11.6 Å². The highest BCUT2D eigenvalue weighted by molar-refractivity contribution is 6.31. The van der Waals surface area contributed by atoms with Gasteiger partial charge in [0.15, 0.2) is 5.15 Å². The van der Waals surface area contributed by atoms with E-state index in [-0.39, 0.29) is 5.15 Å². The van der Waals surface area contributed by atoms with Crippen molar-refractivity contribution >= 4 is 23.6 Å². The summed E-state index contributed by atoms with van der Waals surface area (Å²) in [5, 5.41) is 8.91. The number of carboxylic acid groups (broad SMARTS) is 1. The van der Waals surface area contributed by atoms with Crippen LogP contribution in [0.15, 0.2) is 36.4 Å². The average Bonchev–Trinajstić information content (AvgIpc) is 2.63. The topological polar surface area (TPSA) is 55.1 Å². The number of carbonyl (C=O) groups is 1. The first kappa shape index (κ1) is 12.4. The average molecular weight is 263 g/mol. The number of hydrogen-bond donors (Lipinski definition) is 1. The number of halogens is 1. The number of benzene rings is 1. The van der Waals surface area contributed by atoms with Crippen LogP contribution in [0.4, 0.5) is 0 Å². The van der Waals surface area contributed by atoms with Crippen LogP contribution in [0.2, 0.25) is 5.15 Å². The van der Waals surface area contributed by atoms with E-state index in [0.29, 0.717) is 11.5 Å². The molecule has 92 valence electrons. The second kappa shape index (κ2) is 5.06. The molecule has 2 aromatic rings. The summed E-state index contributed by atoms with van der Waals surface area (Å²) in [7, 11) is 1.79. The first-order chi connectivity index (χ1) is 8.59. The summed E-state index contributed by atoms with van der Waals surface area (Å²) in [4.78, 5) is 14.8. The highest BCUT2D eigenvalue weighted by Gasteiger charge is 2.12. The fourth-order valence-electron chi connectivity index (χ4n) is 1.65. The molecule has 0 aliphatic rings. The fourth-order valence-corrected chi connectivity index (χ4v) is 1.92. The van der Waals surface area contributed by atoms with Crippen LogP contribution in [-0.2, 0) is 11.8 Å². The number of carboxylic acids is 1. The lowest BCUT2D eigenvalue weighted by Gasteiger charge is -2.02. The predicted molar refractivity (Wildman–Crippen MR) is 70.3 cm³/mol. The first-order valence-electron chi connectivity index (χ1n) is 5.28. The molecule has 4 nitrogen and oxygen atoms in total. The zero-order chi connectivity index (χ0) is 13.1. The maximum Gasteiger partial charge on any atom is 0.328 e. The first-order valence-corrected chi connectivity index (χ1v) is 5.66. The second-order valence-corrected chi connectivity index (χ2v) is 4.07. The third-order valence-electron chi connectivity index (χ3n) is 2.51. The molecule has 1 heterocycles. The molecule has 0 unspecified atom stereocenters. The van der Waals surface area contributed by atoms with Crippen molar-refractivity contribution in [3.63, 3.8) is 0 Å². The Morgan fingerprint density at radius 3 is 2.67 bits per heavy atom. The van der Waals surface area contributed by atoms with E-state index in [1.807, 2.05) is 30.3 Å². The van der Waals surface area contributed by atoms with Crippen LogP contribution >= 0.6 is 11.6 Å². The smallest absolute Gasteiger partial charge is 0.328 e. The lowest BCUT2D eigenvalue weighted by Crippen LogP contribution is -1.95. The molecule has 0 spiro atoms. The van der Waals surface area contributed by atoms with Crippen molar-refractivity contribution in [1.82, 2.24) is 9.55 Å². The summed E-state index contributed by atoms with van der Waals surface area (Å²) >= 11 is 6.01. The Bertz CT molecular complexity index is 603. The monoisotopic (exact) mass is 262 g/mol. The molecule has 18 heavy (non-hydrogen) atoms. The lowest BCUT2D eigenvalue weighted by atomic mass is 10.2. The molecule has 0 saturated heterocycles. The molecule has 0 aliphatic heterocycles. The van der Waals surface area contributed by atoms with Gasteiger partial charge in [-0.15, -0.1) is 0 Å². The van der Waals surface area contributed by atoms with Crippen LogP contribution in [0.25, 0.3) is 17.5 Å². The maximum absolute atomic E-state index is 10.5. The van der Waals surface area contributed by atoms with E-state index in [2.05, 4.69) is 4.98 Å². The van der Waals surface area contributed by atoms with Gasteiger partial charge in [0, 0.05) is 18.7 Å². The van der Waals surface area contributed by atoms with E-state index in [1.165, 1.54) is 6.08 Å². The summed E-state index contributed by atoms with van der Waals surface area (Å²) in [6, 6.07) is 9.57. The molecule has 5 heteroatoms. The van der Waals surface area contributed by atoms with E-state index >= 15 is 0 Å². The Hall–Kier alpha value is -2.07. The molecule has 0 radical (unpaired) electrons. The summed E-state index contributed by atoms with van der Waals surface area (Å²) in [5.41, 5.74) is 1.50. The summed E-state index contributed by atoms with van der Waals surface area (Å²) < 4.78 is 1.76. The Morgan fingerprint density at radius 1 is 1.39 bits per heavy atom. The second-order valence-electron chi connectivity index (χ2n) is 3.71. The lowest BCUT2D eigenvalue weighted by molar-refractivity contribution is -0.131. The summed E-state index contributed by atoms with van der Waals surface area (Å²) in [6.45, 7) is 0. The Morgan fingerprint density at radius 2 is 2.06 bits per heavy atom. The van der Waals surface area contributed by atoms with Crippen LogP contribution in [-0.4, -0.2) is 20.6 Å². The normalized spacial score (nSPS) is 11.0. The van der Waals surface area contributed by atoms with Gasteiger partial charge in [-0.1, -0.05) is 41.9 Å². The van der Waals surface area contributed by atoms with Crippen LogP contribution in [0.3, 0.4) is 0 Å². The Labute approximate surface area is 109 Å². The van der Waals surface area contributed by atoms with E-state index < -0.39 is 5.97 Å². The molecule has 0 fully saturated rings. The van der Waals surface area contributed by atoms with E-state index in [9.17, 15) is 4.79 Å². The number of nitrogens with zero attached hydrogens (tertiary/aromatic N) is 2. The van der Waals surface area contributed by atoms with Crippen molar-refractivity contribution in [2.75, 3.05) is 0 Å². The van der Waals surface area contributed by atoms with Gasteiger partial charge >= 0.3 is 5.97 Å². The van der Waals surface area contributed by atoms with Crippen molar-refractivity contribution in [2.24, 2.45) is 7.05 Å². The number of imidazole rings is 1. The van der Waals surface area contributed by atoms with Crippen molar-refractivity contribution in [3.05, 3.63) is 47.3 Å². The van der Waals surface area contributed by atoms with Crippen molar-refractivity contribution < 1.29 is 9.90 Å². The molecule has 0 amide bonds. The molecule has 0 saturated carbocycles. The van der Waals surface area contributed by atoms with Gasteiger partial charge in [-0.2, -0.15) is 0 Å². The largest absolute Gasteiger partial charge is 0.478 e. The van der Waals surface area contributed by atoms with Crippen LogP contribution < -0.4 is 0 Å². The van der Waals surface area contributed by atoms with E-state index in [0.717, 1.165) is 11.6 Å². The van der Waals surface area contributed by atoms with Crippen molar-refractivity contribution in [1.29, 1.82) is 0 Å². The number of rotatable bonds is 3. The molecule has 2 rings (SSSR count). The van der Waals surface area contributed by atoms with Gasteiger partial charge in [0.1, 0.15) is 5.82 Å². The standard InChI is InChI=1S/C13H11ClN2O2/c1-16-10(7-8-11(17)18)12(14)15-13(16)9-5-3-2-4-6-9/h2-8H,1H3,(H,17,18). The SMILES string of the molecule is Cn1c(-c2ccccc2)nc(Cl)c1C=CC(=O)O. The van der Waals surface area contributed by atoms with Gasteiger partial charge in [0.05, 0.1) is 5.69 Å². The highest BCUT2D eigenvalue weighted by Crippen LogP contribution is 2.25. The minimum atomic E-state index is -1.02. The van der Waals surface area contributed by atoms with Gasteiger partial charge in [-0.05, 0) is 6.08 Å². The minimum absolute atomic E-state index is 0.286. The third kappa shape index (κ3) is 2.43. The van der Waals surface area contributed by atoms with Crippen molar-refractivity contribution in [2.45, 2.75) is 0 Å². The molecular formula is C13H11ClN2O2. The Balaban J connectivity index is 2.47. The van der Waals surface area contributed by atoms with Crippen LogP contribution in [0, 0.1) is 0 Å². The van der Waals surface area contributed by atoms with E-state index in [4.69, 9.17) is 16.7 Å². The van der Waals surface area contributed by atoms with Crippen LogP contribution in [0.1, 0.15) is 5.69 Å². The fraction of sp³-hybridized carbons (Fsp3) is 0.0769. The zero-order valence-corrected chi connectivity index (χ0v) is 10.4. The minimum Gasteiger partial charge on any atom is -0.478 e. The number of aromatic nitrogens is 2. The van der Waals surface area contributed by atoms with Gasteiger partial charge in [0.25, 0.3) is 0 Å². The summed E-state index contributed by atoms with van der Waals surface area (Å²) in [5.74, 6) is -0.320. The molecule has 0 bridgehead atoms. The molecule has 1 aromatic heterocycles. The maximum atomic E-state index is 10.5. The molecule has 0 aliphatic carbocycles. The van der Waals surface area contributed by atoms with Gasteiger partial charge in [0.2, 0.25) is 0 Å². The molecule has 0 atom stereocenters. The van der Waals surface area contributed by atoms with Gasteiger partial charge < -0.3 is 9.67 Å². The number of aliphatic carboxylic acids is 1. The summed E-state index contributed by atoms with van der Waals surface area (Å²) in [6.07, 6.45) is 2.47. The predicted octanol–water partition coefficient (Wildman–Crippen LogP) is 2.84. The Kier molecular flexibility index (Phi) is 3.48. The van der Waals surface area contributed by atoms with Gasteiger partial charge in [-0.3, -0.25) is 0 Å². The molecule has 1 N–H and O–H groups in total.